The van der Waals surface area contributed by atoms with Gasteiger partial charge >= 0.3 is 0 Å². The van der Waals surface area contributed by atoms with E-state index in [4.69, 9.17) is 5.73 Å². The van der Waals surface area contributed by atoms with Crippen LogP contribution in [0.2, 0.25) is 0 Å². The zero-order valence-electron chi connectivity index (χ0n) is 10.2. The highest BCUT2D eigenvalue weighted by Crippen LogP contribution is 2.22. The topological polar surface area (TPSA) is 89.3 Å². The summed E-state index contributed by atoms with van der Waals surface area (Å²) < 4.78 is 37.0. The number of benzene rings is 1. The number of nitrogens with two attached hydrogens (primary N) is 1. The minimum absolute atomic E-state index is 0.0102. The van der Waals surface area contributed by atoms with E-state index in [1.54, 1.807) is 0 Å². The van der Waals surface area contributed by atoms with E-state index in [-0.39, 0.29) is 34.7 Å². The molecular formula is C12H15FN2O3S. The summed E-state index contributed by atoms with van der Waals surface area (Å²) in [4.78, 5) is 11.2. The molecule has 2 rings (SSSR count). The maximum absolute atomic E-state index is 13.1. The molecule has 0 aliphatic heterocycles. The highest BCUT2D eigenvalue weighted by molar-refractivity contribution is 7.91. The maximum atomic E-state index is 13.1. The third kappa shape index (κ3) is 3.66. The Balaban J connectivity index is 2.04. The summed E-state index contributed by atoms with van der Waals surface area (Å²) >= 11 is 0. The number of carbonyl (C=O) groups excluding carboxylic acids is 1. The Bertz CT molecular complexity index is 597. The molecule has 1 aromatic rings. The van der Waals surface area contributed by atoms with Gasteiger partial charge in [-0.05, 0) is 31.0 Å². The molecule has 0 aromatic heterocycles. The first kappa shape index (κ1) is 13.8. The van der Waals surface area contributed by atoms with E-state index in [1.165, 1.54) is 6.07 Å². The lowest BCUT2D eigenvalue weighted by Crippen LogP contribution is -2.27. The Labute approximate surface area is 110 Å². The first-order chi connectivity index (χ1) is 8.88. The molecule has 0 saturated heterocycles. The average molecular weight is 286 g/mol. The minimum Gasteiger partial charge on any atom is -0.398 e. The van der Waals surface area contributed by atoms with Crippen molar-refractivity contribution in [3.63, 3.8) is 0 Å². The molecule has 1 saturated carbocycles. The Morgan fingerprint density at radius 3 is 2.74 bits per heavy atom. The number of carbonyl (C=O) groups is 1. The Morgan fingerprint density at radius 1 is 1.42 bits per heavy atom. The summed E-state index contributed by atoms with van der Waals surface area (Å²) in [6, 6.07) is 3.36. The van der Waals surface area contributed by atoms with Gasteiger partial charge in [0.05, 0.1) is 16.3 Å². The van der Waals surface area contributed by atoms with E-state index in [0.29, 0.717) is 0 Å². The number of anilines is 1. The fourth-order valence-electron chi connectivity index (χ4n) is 1.64. The van der Waals surface area contributed by atoms with Crippen LogP contribution in [0.4, 0.5) is 10.1 Å². The van der Waals surface area contributed by atoms with Crippen molar-refractivity contribution in [1.29, 1.82) is 0 Å². The molecule has 5 nitrogen and oxygen atoms in total. The van der Waals surface area contributed by atoms with Gasteiger partial charge in [0.1, 0.15) is 5.82 Å². The molecule has 1 aliphatic carbocycles. The zero-order chi connectivity index (χ0) is 14.0. The van der Waals surface area contributed by atoms with Crippen LogP contribution in [0.1, 0.15) is 19.3 Å². The van der Waals surface area contributed by atoms with Crippen LogP contribution in [0, 0.1) is 5.82 Å². The molecule has 0 spiro atoms. The normalized spacial score (nSPS) is 15.2. The van der Waals surface area contributed by atoms with E-state index in [9.17, 15) is 17.6 Å². The van der Waals surface area contributed by atoms with Gasteiger partial charge in [0.15, 0.2) is 9.84 Å². The molecule has 0 atom stereocenters. The van der Waals surface area contributed by atoms with Crippen molar-refractivity contribution >= 4 is 21.4 Å². The van der Waals surface area contributed by atoms with E-state index < -0.39 is 15.7 Å². The molecule has 1 fully saturated rings. The van der Waals surface area contributed by atoms with Crippen LogP contribution in [-0.2, 0) is 14.6 Å². The largest absolute Gasteiger partial charge is 0.398 e. The zero-order valence-corrected chi connectivity index (χ0v) is 11.0. The summed E-state index contributed by atoms with van der Waals surface area (Å²) in [5.41, 5.74) is 5.52. The molecule has 19 heavy (non-hydrogen) atoms. The first-order valence-electron chi connectivity index (χ1n) is 5.95. The predicted octanol–water partition coefficient (Wildman–Crippen LogP) is 0.850. The second kappa shape index (κ2) is 5.16. The third-order valence-corrected chi connectivity index (χ3v) is 4.62. The molecular weight excluding hydrogens is 271 g/mol. The summed E-state index contributed by atoms with van der Waals surface area (Å²) in [5, 5.41) is 2.70. The van der Waals surface area contributed by atoms with Crippen LogP contribution < -0.4 is 11.1 Å². The van der Waals surface area contributed by atoms with Crippen LogP contribution >= 0.6 is 0 Å². The number of hydrogen-bond donors (Lipinski definition) is 2. The maximum Gasteiger partial charge on any atom is 0.221 e. The highest BCUT2D eigenvalue weighted by Gasteiger charge is 2.25. The van der Waals surface area contributed by atoms with Crippen molar-refractivity contribution in [2.75, 3.05) is 11.5 Å². The second-order valence-electron chi connectivity index (χ2n) is 4.59. The van der Waals surface area contributed by atoms with Gasteiger partial charge in [-0.2, -0.15) is 0 Å². The van der Waals surface area contributed by atoms with Gasteiger partial charge in [-0.25, -0.2) is 12.8 Å². The van der Waals surface area contributed by atoms with Crippen molar-refractivity contribution in [1.82, 2.24) is 5.32 Å². The van der Waals surface area contributed by atoms with Gasteiger partial charge in [-0.1, -0.05) is 0 Å². The van der Waals surface area contributed by atoms with Crippen LogP contribution in [0.5, 0.6) is 0 Å². The molecule has 1 aliphatic rings. The van der Waals surface area contributed by atoms with Crippen molar-refractivity contribution < 1.29 is 17.6 Å². The Hall–Kier alpha value is -1.63. The van der Waals surface area contributed by atoms with Crippen molar-refractivity contribution in [3.05, 3.63) is 24.0 Å². The van der Waals surface area contributed by atoms with E-state index >= 15 is 0 Å². The van der Waals surface area contributed by atoms with E-state index in [1.807, 2.05) is 0 Å². The van der Waals surface area contributed by atoms with Crippen LogP contribution in [0.25, 0.3) is 0 Å². The van der Waals surface area contributed by atoms with Gasteiger partial charge < -0.3 is 11.1 Å². The van der Waals surface area contributed by atoms with E-state index in [2.05, 4.69) is 5.32 Å². The predicted molar refractivity (Wildman–Crippen MR) is 68.6 cm³/mol. The Morgan fingerprint density at radius 2 is 2.11 bits per heavy atom. The lowest BCUT2D eigenvalue weighted by molar-refractivity contribution is -0.120. The number of hydrogen-bond acceptors (Lipinski definition) is 4. The third-order valence-electron chi connectivity index (χ3n) is 2.85. The van der Waals surface area contributed by atoms with Crippen molar-refractivity contribution in [2.24, 2.45) is 0 Å². The molecule has 1 aromatic carbocycles. The van der Waals surface area contributed by atoms with Crippen LogP contribution in [-0.4, -0.2) is 26.1 Å². The smallest absolute Gasteiger partial charge is 0.221 e. The molecule has 104 valence electrons. The number of nitrogen functional groups attached to an aromatic ring is 1. The number of amides is 1. The monoisotopic (exact) mass is 286 g/mol. The van der Waals surface area contributed by atoms with Crippen molar-refractivity contribution in [2.45, 2.75) is 30.2 Å². The Kier molecular flexibility index (Phi) is 3.75. The molecule has 7 heteroatoms. The van der Waals surface area contributed by atoms with Gasteiger partial charge in [0.2, 0.25) is 5.91 Å². The van der Waals surface area contributed by atoms with Crippen molar-refractivity contribution in [3.8, 4) is 0 Å². The standard InChI is InChI=1S/C12H15FN2O3S/c13-8-1-4-10(14)11(7-8)19(17,18)6-5-12(16)15-9-2-3-9/h1,4,7,9H,2-3,5-6,14H2,(H,15,16). The molecule has 1 amide bonds. The van der Waals surface area contributed by atoms with Gasteiger partial charge in [-0.3, -0.25) is 4.79 Å². The summed E-state index contributed by atoms with van der Waals surface area (Å²) in [7, 11) is -3.75. The lowest BCUT2D eigenvalue weighted by atomic mass is 10.3. The number of sulfone groups is 1. The number of nitrogens with one attached hydrogen (secondary N) is 1. The molecule has 0 radical (unpaired) electrons. The fourth-order valence-corrected chi connectivity index (χ4v) is 3.04. The summed E-state index contributed by atoms with van der Waals surface area (Å²) in [5.74, 6) is -1.35. The van der Waals surface area contributed by atoms with Gasteiger partial charge in [-0.15, -0.1) is 0 Å². The molecule has 0 bridgehead atoms. The SMILES string of the molecule is Nc1ccc(F)cc1S(=O)(=O)CCC(=O)NC1CC1. The number of rotatable bonds is 5. The van der Waals surface area contributed by atoms with E-state index in [0.717, 1.165) is 25.0 Å². The molecule has 0 unspecified atom stereocenters. The molecule has 0 heterocycles. The minimum atomic E-state index is -3.75. The summed E-state index contributed by atoms with van der Waals surface area (Å²) in [6.45, 7) is 0. The van der Waals surface area contributed by atoms with Gasteiger partial charge in [0.25, 0.3) is 0 Å². The molecule has 3 N–H and O–H groups in total. The highest BCUT2D eigenvalue weighted by atomic mass is 32.2. The van der Waals surface area contributed by atoms with Gasteiger partial charge in [0, 0.05) is 12.5 Å². The van der Waals surface area contributed by atoms with Crippen LogP contribution in [0.15, 0.2) is 23.1 Å². The van der Waals surface area contributed by atoms with Crippen LogP contribution in [0.3, 0.4) is 0 Å². The second-order valence-corrected chi connectivity index (χ2v) is 6.67. The summed E-state index contributed by atoms with van der Waals surface area (Å²) in [6.07, 6.45) is 1.74. The lowest BCUT2D eigenvalue weighted by Gasteiger charge is -2.08. The quantitative estimate of drug-likeness (QED) is 0.785. The fraction of sp³-hybridized carbons (Fsp3) is 0.417. The number of halogens is 1. The average Bonchev–Trinajstić information content (AvgIpc) is 3.14. The first-order valence-corrected chi connectivity index (χ1v) is 7.61.